The molecule has 0 saturated heterocycles. The van der Waals surface area contributed by atoms with Crippen molar-refractivity contribution in [2.45, 2.75) is 32.4 Å². The SMILES string of the molecule is CCOc1ccccc1C(CC)NC(=O)C(N)COC. The number of nitrogens with one attached hydrogen (secondary N) is 1. The first kappa shape index (κ1) is 16.5. The summed E-state index contributed by atoms with van der Waals surface area (Å²) in [4.78, 5) is 12.0. The lowest BCUT2D eigenvalue weighted by molar-refractivity contribution is -0.124. The van der Waals surface area contributed by atoms with Crippen molar-refractivity contribution in [3.8, 4) is 5.75 Å². The molecule has 5 heteroatoms. The molecule has 5 nitrogen and oxygen atoms in total. The third kappa shape index (κ3) is 4.51. The normalized spacial score (nSPS) is 13.6. The first-order chi connectivity index (χ1) is 9.63. The quantitative estimate of drug-likeness (QED) is 0.759. The average Bonchev–Trinajstić information content (AvgIpc) is 2.46. The van der Waals surface area contributed by atoms with E-state index in [1.165, 1.54) is 7.11 Å². The summed E-state index contributed by atoms with van der Waals surface area (Å²) in [7, 11) is 1.52. The summed E-state index contributed by atoms with van der Waals surface area (Å²) >= 11 is 0. The van der Waals surface area contributed by atoms with Crippen molar-refractivity contribution in [2.75, 3.05) is 20.3 Å². The summed E-state index contributed by atoms with van der Waals surface area (Å²) < 4.78 is 10.5. The number of para-hydroxylation sites is 1. The zero-order valence-corrected chi connectivity index (χ0v) is 12.4. The van der Waals surface area contributed by atoms with E-state index in [4.69, 9.17) is 15.2 Å². The number of methoxy groups -OCH3 is 1. The van der Waals surface area contributed by atoms with Crippen LogP contribution in [0.15, 0.2) is 24.3 Å². The highest BCUT2D eigenvalue weighted by Crippen LogP contribution is 2.27. The van der Waals surface area contributed by atoms with Crippen LogP contribution in [0.2, 0.25) is 0 Å². The van der Waals surface area contributed by atoms with E-state index in [1.54, 1.807) is 0 Å². The number of ether oxygens (including phenoxy) is 2. The van der Waals surface area contributed by atoms with Crippen molar-refractivity contribution in [3.05, 3.63) is 29.8 Å². The molecular weight excluding hydrogens is 256 g/mol. The fourth-order valence-electron chi connectivity index (χ4n) is 1.99. The lowest BCUT2D eigenvalue weighted by Gasteiger charge is -2.22. The van der Waals surface area contributed by atoms with Gasteiger partial charge in [0.15, 0.2) is 0 Å². The van der Waals surface area contributed by atoms with Crippen LogP contribution in [0.4, 0.5) is 0 Å². The molecule has 1 aromatic rings. The van der Waals surface area contributed by atoms with Gasteiger partial charge < -0.3 is 20.5 Å². The summed E-state index contributed by atoms with van der Waals surface area (Å²) in [5.41, 5.74) is 6.70. The Labute approximate surface area is 120 Å². The van der Waals surface area contributed by atoms with Crippen LogP contribution in [0.3, 0.4) is 0 Å². The molecule has 0 bridgehead atoms. The number of hydrogen-bond donors (Lipinski definition) is 2. The molecule has 20 heavy (non-hydrogen) atoms. The molecule has 0 spiro atoms. The highest BCUT2D eigenvalue weighted by molar-refractivity contribution is 5.82. The smallest absolute Gasteiger partial charge is 0.239 e. The first-order valence-corrected chi connectivity index (χ1v) is 6.90. The second kappa shape index (κ2) is 8.55. The standard InChI is InChI=1S/C15H24N2O3/c1-4-13(17-15(18)12(16)10-19-3)11-8-6-7-9-14(11)20-5-2/h6-9,12-13H,4-5,10,16H2,1-3H3,(H,17,18). The fraction of sp³-hybridized carbons (Fsp3) is 0.533. The van der Waals surface area contributed by atoms with Crippen LogP contribution in [0, 0.1) is 0 Å². The van der Waals surface area contributed by atoms with Gasteiger partial charge in [0.25, 0.3) is 0 Å². The van der Waals surface area contributed by atoms with Crippen LogP contribution >= 0.6 is 0 Å². The van der Waals surface area contributed by atoms with E-state index in [0.29, 0.717) is 6.61 Å². The molecule has 1 amide bonds. The van der Waals surface area contributed by atoms with Crippen LogP contribution in [0.1, 0.15) is 31.9 Å². The largest absolute Gasteiger partial charge is 0.494 e. The van der Waals surface area contributed by atoms with Gasteiger partial charge in [-0.3, -0.25) is 4.79 Å². The molecule has 0 heterocycles. The highest BCUT2D eigenvalue weighted by Gasteiger charge is 2.20. The maximum atomic E-state index is 12.0. The number of benzene rings is 1. The highest BCUT2D eigenvalue weighted by atomic mass is 16.5. The van der Waals surface area contributed by atoms with Gasteiger partial charge in [0.2, 0.25) is 5.91 Å². The molecule has 0 radical (unpaired) electrons. The van der Waals surface area contributed by atoms with Crippen LogP contribution in [-0.4, -0.2) is 32.3 Å². The van der Waals surface area contributed by atoms with Crippen molar-refractivity contribution in [1.29, 1.82) is 0 Å². The van der Waals surface area contributed by atoms with E-state index in [2.05, 4.69) is 5.32 Å². The van der Waals surface area contributed by atoms with Gasteiger partial charge in [-0.25, -0.2) is 0 Å². The fourth-order valence-corrected chi connectivity index (χ4v) is 1.99. The molecule has 0 aliphatic heterocycles. The minimum Gasteiger partial charge on any atom is -0.494 e. The van der Waals surface area contributed by atoms with Gasteiger partial charge in [-0.1, -0.05) is 25.1 Å². The van der Waals surface area contributed by atoms with Crippen molar-refractivity contribution in [2.24, 2.45) is 5.73 Å². The molecule has 112 valence electrons. The Balaban J connectivity index is 2.83. The van der Waals surface area contributed by atoms with Gasteiger partial charge >= 0.3 is 0 Å². The molecule has 0 aliphatic rings. The lowest BCUT2D eigenvalue weighted by Crippen LogP contribution is -2.44. The maximum absolute atomic E-state index is 12.0. The summed E-state index contributed by atoms with van der Waals surface area (Å²) in [5, 5.41) is 2.94. The van der Waals surface area contributed by atoms with E-state index in [9.17, 15) is 4.79 Å². The van der Waals surface area contributed by atoms with Crippen LogP contribution in [-0.2, 0) is 9.53 Å². The predicted molar refractivity (Wildman–Crippen MR) is 78.6 cm³/mol. The minimum absolute atomic E-state index is 0.117. The van der Waals surface area contributed by atoms with Crippen molar-refractivity contribution >= 4 is 5.91 Å². The van der Waals surface area contributed by atoms with E-state index < -0.39 is 6.04 Å². The molecule has 2 atom stereocenters. The molecule has 0 aliphatic carbocycles. The van der Waals surface area contributed by atoms with E-state index in [-0.39, 0.29) is 18.6 Å². The Kier molecular flexibility index (Phi) is 7.04. The minimum atomic E-state index is -0.659. The van der Waals surface area contributed by atoms with Crippen LogP contribution in [0.5, 0.6) is 5.75 Å². The van der Waals surface area contributed by atoms with Gasteiger partial charge in [-0.15, -0.1) is 0 Å². The van der Waals surface area contributed by atoms with Gasteiger partial charge in [-0.05, 0) is 19.4 Å². The van der Waals surface area contributed by atoms with E-state index in [0.717, 1.165) is 17.7 Å². The topological polar surface area (TPSA) is 73.6 Å². The van der Waals surface area contributed by atoms with Crippen LogP contribution in [0.25, 0.3) is 0 Å². The van der Waals surface area contributed by atoms with E-state index >= 15 is 0 Å². The number of nitrogens with two attached hydrogens (primary N) is 1. The third-order valence-corrected chi connectivity index (χ3v) is 3.00. The van der Waals surface area contributed by atoms with Gasteiger partial charge in [0.05, 0.1) is 19.3 Å². The third-order valence-electron chi connectivity index (χ3n) is 3.00. The van der Waals surface area contributed by atoms with E-state index in [1.807, 2.05) is 38.1 Å². The first-order valence-electron chi connectivity index (χ1n) is 6.90. The Hall–Kier alpha value is -1.59. The molecule has 3 N–H and O–H groups in total. The number of rotatable bonds is 8. The second-order valence-corrected chi connectivity index (χ2v) is 4.50. The van der Waals surface area contributed by atoms with Crippen molar-refractivity contribution < 1.29 is 14.3 Å². The number of carbonyl (C=O) groups is 1. The number of amides is 1. The van der Waals surface area contributed by atoms with Gasteiger partial charge in [0, 0.05) is 12.7 Å². The molecule has 0 fully saturated rings. The lowest BCUT2D eigenvalue weighted by atomic mass is 10.0. The predicted octanol–water partition coefficient (Wildman–Crippen LogP) is 1.63. The maximum Gasteiger partial charge on any atom is 0.239 e. The Bertz CT molecular complexity index is 423. The number of carbonyl (C=O) groups excluding carboxylic acids is 1. The van der Waals surface area contributed by atoms with Gasteiger partial charge in [-0.2, -0.15) is 0 Å². The van der Waals surface area contributed by atoms with Gasteiger partial charge in [0.1, 0.15) is 11.8 Å². The van der Waals surface area contributed by atoms with Crippen LogP contribution < -0.4 is 15.8 Å². The molecule has 1 rings (SSSR count). The molecule has 0 saturated carbocycles. The zero-order chi connectivity index (χ0) is 15.0. The Morgan fingerprint density at radius 2 is 2.05 bits per heavy atom. The molecular formula is C15H24N2O3. The van der Waals surface area contributed by atoms with Crippen molar-refractivity contribution in [1.82, 2.24) is 5.32 Å². The number of hydrogen-bond acceptors (Lipinski definition) is 4. The molecule has 1 aromatic carbocycles. The summed E-state index contributed by atoms with van der Waals surface area (Å²) in [6.07, 6.45) is 0.759. The molecule has 0 aromatic heterocycles. The second-order valence-electron chi connectivity index (χ2n) is 4.50. The molecule has 2 unspecified atom stereocenters. The summed E-state index contributed by atoms with van der Waals surface area (Å²) in [6, 6.07) is 6.94. The Morgan fingerprint density at radius 1 is 1.35 bits per heavy atom. The summed E-state index contributed by atoms with van der Waals surface area (Å²) in [6.45, 7) is 4.74. The zero-order valence-electron chi connectivity index (χ0n) is 12.4. The summed E-state index contributed by atoms with van der Waals surface area (Å²) in [5.74, 6) is 0.576. The monoisotopic (exact) mass is 280 g/mol. The van der Waals surface area contributed by atoms with Crippen molar-refractivity contribution in [3.63, 3.8) is 0 Å². The average molecular weight is 280 g/mol. The Morgan fingerprint density at radius 3 is 2.65 bits per heavy atom.